The van der Waals surface area contributed by atoms with E-state index in [1.54, 1.807) is 0 Å². The fourth-order valence-electron chi connectivity index (χ4n) is 9.72. The first-order chi connectivity index (χ1) is 23.4. The molecule has 4 nitrogen and oxygen atoms in total. The number of hydrogen-bond donors (Lipinski definition) is 0. The van der Waals surface area contributed by atoms with Gasteiger partial charge in [-0.25, -0.2) is 0 Å². The molecule has 4 aliphatic heterocycles. The van der Waals surface area contributed by atoms with Crippen LogP contribution in [0, 0.1) is 0 Å². The lowest BCUT2D eigenvalue weighted by molar-refractivity contribution is 1.10. The third kappa shape index (κ3) is 2.40. The average molecular weight is 594 g/mol. The van der Waals surface area contributed by atoms with Crippen LogP contribution in [-0.2, 0) is 0 Å². The highest BCUT2D eigenvalue weighted by molar-refractivity contribution is 7.00. The normalized spacial score (nSPS) is 14.3. The summed E-state index contributed by atoms with van der Waals surface area (Å²) in [5.41, 5.74) is 19.3. The lowest BCUT2D eigenvalue weighted by Crippen LogP contribution is -2.62. The highest BCUT2D eigenvalue weighted by Crippen LogP contribution is 2.54. The minimum atomic E-state index is 0.101. The molecule has 47 heavy (non-hydrogen) atoms. The van der Waals surface area contributed by atoms with Crippen molar-refractivity contribution in [1.29, 1.82) is 0 Å². The van der Waals surface area contributed by atoms with Gasteiger partial charge < -0.3 is 18.9 Å². The SMILES string of the molecule is c1cc2c3c(c1)N1c4c(cccc4-n4c5ccccc5c5cccc1c54)B3c1cccc3c1N2c1cccc2c4ccccc4n-3c12. The molecule has 0 N–H and O–H groups in total. The fraction of sp³-hybridized carbons (Fsp3) is 0. The number of aromatic nitrogens is 2. The summed E-state index contributed by atoms with van der Waals surface area (Å²) in [5, 5.41) is 5.19. The zero-order valence-electron chi connectivity index (χ0n) is 25.1. The summed E-state index contributed by atoms with van der Waals surface area (Å²) in [6.45, 7) is 0.101. The molecule has 0 spiro atoms. The van der Waals surface area contributed by atoms with Crippen LogP contribution < -0.4 is 26.2 Å². The maximum atomic E-state index is 2.57. The topological polar surface area (TPSA) is 16.3 Å². The van der Waals surface area contributed by atoms with Crippen molar-refractivity contribution in [2.45, 2.75) is 0 Å². The maximum Gasteiger partial charge on any atom is 0.252 e. The molecule has 0 fully saturated rings. The van der Waals surface area contributed by atoms with Crippen LogP contribution >= 0.6 is 0 Å². The van der Waals surface area contributed by atoms with E-state index in [9.17, 15) is 0 Å². The second-order valence-corrected chi connectivity index (χ2v) is 13.3. The number of para-hydroxylation sites is 6. The van der Waals surface area contributed by atoms with Crippen LogP contribution in [-0.4, -0.2) is 15.8 Å². The van der Waals surface area contributed by atoms with Crippen molar-refractivity contribution in [2.24, 2.45) is 0 Å². The van der Waals surface area contributed by atoms with Crippen molar-refractivity contribution >= 4 is 101 Å². The van der Waals surface area contributed by atoms with Gasteiger partial charge in [-0.15, -0.1) is 0 Å². The van der Waals surface area contributed by atoms with Crippen molar-refractivity contribution in [3.63, 3.8) is 0 Å². The van der Waals surface area contributed by atoms with Gasteiger partial charge in [0.15, 0.2) is 0 Å². The zero-order chi connectivity index (χ0) is 30.1. The second kappa shape index (κ2) is 7.60. The van der Waals surface area contributed by atoms with Crippen LogP contribution in [0.3, 0.4) is 0 Å². The molecule has 0 atom stereocenters. The molecule has 4 aliphatic rings. The van der Waals surface area contributed by atoms with Crippen LogP contribution in [0.1, 0.15) is 0 Å². The number of rotatable bonds is 0. The molecule has 9 aromatic rings. The summed E-state index contributed by atoms with van der Waals surface area (Å²) >= 11 is 0. The summed E-state index contributed by atoms with van der Waals surface area (Å²) in [7, 11) is 0. The van der Waals surface area contributed by atoms with Crippen LogP contribution in [0.5, 0.6) is 0 Å². The Balaban J connectivity index is 1.21. The lowest BCUT2D eigenvalue weighted by atomic mass is 9.33. The average Bonchev–Trinajstić information content (AvgIpc) is 3.65. The van der Waals surface area contributed by atoms with E-state index in [0.717, 1.165) is 0 Å². The number of nitrogens with zero attached hydrogens (tertiary/aromatic N) is 4. The third-order valence-electron chi connectivity index (χ3n) is 11.3. The minimum Gasteiger partial charge on any atom is -0.307 e. The van der Waals surface area contributed by atoms with Crippen LogP contribution in [0.2, 0.25) is 0 Å². The summed E-state index contributed by atoms with van der Waals surface area (Å²) in [5.74, 6) is 0. The van der Waals surface area contributed by atoms with E-state index < -0.39 is 0 Å². The second-order valence-electron chi connectivity index (χ2n) is 13.3. The molecule has 0 saturated carbocycles. The first kappa shape index (κ1) is 23.2. The van der Waals surface area contributed by atoms with Crippen LogP contribution in [0.25, 0.3) is 55.0 Å². The fourth-order valence-corrected chi connectivity index (χ4v) is 9.72. The van der Waals surface area contributed by atoms with Gasteiger partial charge in [-0.2, -0.15) is 0 Å². The molecule has 214 valence electrons. The highest BCUT2D eigenvalue weighted by atomic mass is 15.2. The van der Waals surface area contributed by atoms with Gasteiger partial charge >= 0.3 is 0 Å². The number of fused-ring (bicyclic) bond motifs is 14. The van der Waals surface area contributed by atoms with Gasteiger partial charge in [-0.1, -0.05) is 91.0 Å². The Morgan fingerprint density at radius 3 is 1.28 bits per heavy atom. The largest absolute Gasteiger partial charge is 0.307 e. The van der Waals surface area contributed by atoms with E-state index in [-0.39, 0.29) is 6.71 Å². The molecule has 0 aliphatic carbocycles. The molecule has 6 heterocycles. The van der Waals surface area contributed by atoms with Crippen LogP contribution in [0.15, 0.2) is 140 Å². The Morgan fingerprint density at radius 1 is 0.340 bits per heavy atom. The smallest absolute Gasteiger partial charge is 0.252 e. The van der Waals surface area contributed by atoms with Crippen molar-refractivity contribution in [3.8, 4) is 11.4 Å². The summed E-state index contributed by atoms with van der Waals surface area (Å²) in [4.78, 5) is 5.13. The van der Waals surface area contributed by atoms with Gasteiger partial charge in [-0.05, 0) is 64.9 Å². The van der Waals surface area contributed by atoms with E-state index in [1.807, 2.05) is 0 Å². The zero-order valence-corrected chi connectivity index (χ0v) is 25.1. The van der Waals surface area contributed by atoms with E-state index in [1.165, 1.54) is 105 Å². The van der Waals surface area contributed by atoms with Gasteiger partial charge in [-0.3, -0.25) is 0 Å². The Hall–Kier alpha value is -6.20. The maximum absolute atomic E-state index is 2.57. The quantitative estimate of drug-likeness (QED) is 0.164. The molecule has 13 rings (SSSR count). The summed E-state index contributed by atoms with van der Waals surface area (Å²) < 4.78 is 5.03. The van der Waals surface area contributed by atoms with Gasteiger partial charge in [0.1, 0.15) is 0 Å². The van der Waals surface area contributed by atoms with Crippen molar-refractivity contribution < 1.29 is 0 Å². The van der Waals surface area contributed by atoms with Crippen LogP contribution in [0.4, 0.5) is 34.1 Å². The minimum absolute atomic E-state index is 0.101. The Kier molecular flexibility index (Phi) is 3.75. The van der Waals surface area contributed by atoms with Gasteiger partial charge in [0.05, 0.1) is 56.2 Å². The molecule has 5 heteroatoms. The molecule has 0 bridgehead atoms. The molecule has 2 aromatic heterocycles. The van der Waals surface area contributed by atoms with E-state index in [0.29, 0.717) is 0 Å². The summed E-state index contributed by atoms with van der Waals surface area (Å²) in [6, 6.07) is 52.3. The Morgan fingerprint density at radius 2 is 0.745 bits per heavy atom. The predicted molar refractivity (Wildman–Crippen MR) is 196 cm³/mol. The monoisotopic (exact) mass is 594 g/mol. The van der Waals surface area contributed by atoms with Gasteiger partial charge in [0.2, 0.25) is 0 Å². The lowest BCUT2D eigenvalue weighted by Gasteiger charge is -2.47. The molecular weight excluding hydrogens is 571 g/mol. The first-order valence-corrected chi connectivity index (χ1v) is 16.4. The highest BCUT2D eigenvalue weighted by Gasteiger charge is 2.47. The number of benzene rings is 7. The molecule has 0 amide bonds. The summed E-state index contributed by atoms with van der Waals surface area (Å²) in [6.07, 6.45) is 0. The third-order valence-corrected chi connectivity index (χ3v) is 11.3. The molecule has 0 unspecified atom stereocenters. The Labute approximate surface area is 270 Å². The van der Waals surface area contributed by atoms with Crippen molar-refractivity contribution in [3.05, 3.63) is 140 Å². The first-order valence-electron chi connectivity index (χ1n) is 16.4. The molecule has 7 aromatic carbocycles. The number of anilines is 6. The van der Waals surface area contributed by atoms with Crippen molar-refractivity contribution in [1.82, 2.24) is 9.13 Å². The predicted octanol–water partition coefficient (Wildman–Crippen LogP) is 8.59. The number of hydrogen-bond acceptors (Lipinski definition) is 2. The standard InChI is InChI=1S/C42H23BN4/c1-3-16-30-24(10-1)26-12-5-20-34-39(26)44(30)36-22-7-14-28-41(36)46(34)32-18-9-19-33-38(32)43(28)29-15-8-23-37-42(29)47(33)35-21-6-13-27-25-11-2-4-17-31(25)45(37)40(27)35/h1-23H. The van der Waals surface area contributed by atoms with E-state index >= 15 is 0 Å². The molecular formula is C42H23BN4. The molecule has 0 radical (unpaired) electrons. The van der Waals surface area contributed by atoms with Crippen molar-refractivity contribution in [2.75, 3.05) is 9.80 Å². The van der Waals surface area contributed by atoms with E-state index in [4.69, 9.17) is 0 Å². The van der Waals surface area contributed by atoms with Gasteiger partial charge in [0.25, 0.3) is 6.71 Å². The molecule has 0 saturated heterocycles. The van der Waals surface area contributed by atoms with Gasteiger partial charge in [0, 0.05) is 32.9 Å². The Bertz CT molecular complexity index is 2750. The van der Waals surface area contributed by atoms with E-state index in [2.05, 4.69) is 158 Å².